The van der Waals surface area contributed by atoms with Crippen LogP contribution in [-0.2, 0) is 0 Å². The summed E-state index contributed by atoms with van der Waals surface area (Å²) in [6, 6.07) is 10.0. The number of ether oxygens (including phenoxy) is 2. The van der Waals surface area contributed by atoms with Crippen LogP contribution >= 0.6 is 23.2 Å². The number of carbonyl (C=O) groups is 1. The Kier molecular flexibility index (Phi) is 6.06. The number of nitrogens with one attached hydrogen (secondary N) is 1. The third-order valence-electron chi connectivity index (χ3n) is 3.30. The van der Waals surface area contributed by atoms with Crippen LogP contribution in [0.1, 0.15) is 22.8 Å². The maximum Gasteiger partial charge on any atom is 0.272 e. The van der Waals surface area contributed by atoms with E-state index in [2.05, 4.69) is 10.5 Å². The summed E-state index contributed by atoms with van der Waals surface area (Å²) >= 11 is 11.9. The number of hydrogen-bond donors (Lipinski definition) is 1. The van der Waals surface area contributed by atoms with E-state index < -0.39 is 5.91 Å². The lowest BCUT2D eigenvalue weighted by Crippen LogP contribution is -2.19. The van der Waals surface area contributed by atoms with Crippen molar-refractivity contribution >= 4 is 34.8 Å². The number of methoxy groups -OCH3 is 2. The van der Waals surface area contributed by atoms with E-state index in [1.165, 1.54) is 6.07 Å². The minimum atomic E-state index is -0.442. The van der Waals surface area contributed by atoms with E-state index in [9.17, 15) is 4.79 Å². The predicted molar refractivity (Wildman–Crippen MR) is 95.7 cm³/mol. The highest BCUT2D eigenvalue weighted by Gasteiger charge is 2.11. The van der Waals surface area contributed by atoms with Gasteiger partial charge in [0, 0.05) is 10.6 Å². The Morgan fingerprint density at radius 3 is 2.42 bits per heavy atom. The number of rotatable bonds is 5. The number of benzene rings is 2. The zero-order valence-electron chi connectivity index (χ0n) is 13.4. The number of hydrogen-bond acceptors (Lipinski definition) is 4. The summed E-state index contributed by atoms with van der Waals surface area (Å²) in [6.45, 7) is 1.76. The van der Waals surface area contributed by atoms with Gasteiger partial charge < -0.3 is 9.47 Å². The van der Waals surface area contributed by atoms with E-state index in [1.807, 2.05) is 6.07 Å². The minimum absolute atomic E-state index is 0.257. The molecule has 0 aromatic heterocycles. The molecule has 0 radical (unpaired) electrons. The SMILES string of the molecule is COc1ccc(/C(C)=N\NC(=O)c2cc(Cl)ccc2Cl)cc1OC. The Morgan fingerprint density at radius 1 is 1.04 bits per heavy atom. The Morgan fingerprint density at radius 2 is 1.75 bits per heavy atom. The van der Waals surface area contributed by atoms with Crippen LogP contribution in [0.4, 0.5) is 0 Å². The van der Waals surface area contributed by atoms with E-state index in [-0.39, 0.29) is 5.56 Å². The van der Waals surface area contributed by atoms with Gasteiger partial charge in [0.05, 0.1) is 30.5 Å². The van der Waals surface area contributed by atoms with Crippen LogP contribution in [0.5, 0.6) is 11.5 Å². The lowest BCUT2D eigenvalue weighted by molar-refractivity contribution is 0.0955. The molecular weight excluding hydrogens is 351 g/mol. The third-order valence-corrected chi connectivity index (χ3v) is 3.86. The van der Waals surface area contributed by atoms with Gasteiger partial charge in [-0.25, -0.2) is 5.43 Å². The van der Waals surface area contributed by atoms with Crippen molar-refractivity contribution in [1.82, 2.24) is 5.43 Å². The molecule has 0 aliphatic heterocycles. The molecule has 0 fully saturated rings. The molecule has 0 bridgehead atoms. The molecule has 0 saturated carbocycles. The van der Waals surface area contributed by atoms with Crippen LogP contribution in [0.2, 0.25) is 10.0 Å². The van der Waals surface area contributed by atoms with Crippen LogP contribution in [0, 0.1) is 0 Å². The molecule has 2 aromatic carbocycles. The highest BCUT2D eigenvalue weighted by molar-refractivity contribution is 6.35. The van der Waals surface area contributed by atoms with Crippen molar-refractivity contribution in [3.63, 3.8) is 0 Å². The monoisotopic (exact) mass is 366 g/mol. The minimum Gasteiger partial charge on any atom is -0.493 e. The van der Waals surface area contributed by atoms with Gasteiger partial charge in [-0.2, -0.15) is 5.10 Å². The molecule has 7 heteroatoms. The second kappa shape index (κ2) is 8.04. The van der Waals surface area contributed by atoms with Gasteiger partial charge in [0.1, 0.15) is 0 Å². The van der Waals surface area contributed by atoms with E-state index in [1.54, 1.807) is 45.4 Å². The maximum atomic E-state index is 12.2. The lowest BCUT2D eigenvalue weighted by Gasteiger charge is -2.09. The summed E-state index contributed by atoms with van der Waals surface area (Å²) in [5.41, 5.74) is 4.10. The first-order valence-electron chi connectivity index (χ1n) is 6.98. The molecule has 1 N–H and O–H groups in total. The summed E-state index contributed by atoms with van der Waals surface area (Å²) in [5, 5.41) is 4.81. The molecule has 0 atom stereocenters. The van der Waals surface area contributed by atoms with Crippen LogP contribution in [-0.4, -0.2) is 25.8 Å². The van der Waals surface area contributed by atoms with Gasteiger partial charge >= 0.3 is 0 Å². The van der Waals surface area contributed by atoms with Crippen LogP contribution in [0.3, 0.4) is 0 Å². The first-order valence-corrected chi connectivity index (χ1v) is 7.74. The van der Waals surface area contributed by atoms with Crippen molar-refractivity contribution in [1.29, 1.82) is 0 Å². The quantitative estimate of drug-likeness (QED) is 0.638. The second-order valence-corrected chi connectivity index (χ2v) is 5.68. The summed E-state index contributed by atoms with van der Waals surface area (Å²) in [4.78, 5) is 12.2. The number of carbonyl (C=O) groups excluding carboxylic acids is 1. The molecule has 2 aromatic rings. The van der Waals surface area contributed by atoms with Gasteiger partial charge in [0.25, 0.3) is 5.91 Å². The van der Waals surface area contributed by atoms with Gasteiger partial charge in [0.15, 0.2) is 11.5 Å². The summed E-state index contributed by atoms with van der Waals surface area (Å²) in [6.07, 6.45) is 0. The van der Waals surface area contributed by atoms with Gasteiger partial charge in [0.2, 0.25) is 0 Å². The van der Waals surface area contributed by atoms with Crippen LogP contribution < -0.4 is 14.9 Å². The first kappa shape index (κ1) is 18.1. The van der Waals surface area contributed by atoms with Crippen LogP contribution in [0.25, 0.3) is 0 Å². The third kappa shape index (κ3) is 4.19. The van der Waals surface area contributed by atoms with E-state index in [0.29, 0.717) is 27.3 Å². The van der Waals surface area contributed by atoms with Crippen molar-refractivity contribution in [3.05, 3.63) is 57.6 Å². The highest BCUT2D eigenvalue weighted by atomic mass is 35.5. The normalized spacial score (nSPS) is 11.1. The molecule has 0 saturated heterocycles. The Bertz CT molecular complexity index is 791. The number of nitrogens with zero attached hydrogens (tertiary/aromatic N) is 1. The Hall–Kier alpha value is -2.24. The fourth-order valence-corrected chi connectivity index (χ4v) is 2.37. The zero-order valence-corrected chi connectivity index (χ0v) is 14.9. The average molecular weight is 367 g/mol. The summed E-state index contributed by atoms with van der Waals surface area (Å²) < 4.78 is 10.4. The molecule has 1 amide bonds. The fourth-order valence-electron chi connectivity index (χ4n) is 1.99. The molecule has 126 valence electrons. The molecule has 5 nitrogen and oxygen atoms in total. The largest absolute Gasteiger partial charge is 0.493 e. The second-order valence-electron chi connectivity index (χ2n) is 4.83. The van der Waals surface area contributed by atoms with Gasteiger partial charge in [-0.15, -0.1) is 0 Å². The van der Waals surface area contributed by atoms with Crippen LogP contribution in [0.15, 0.2) is 41.5 Å². The topological polar surface area (TPSA) is 59.9 Å². The predicted octanol–water partition coefficient (Wildman–Crippen LogP) is 4.16. The fraction of sp³-hybridized carbons (Fsp3) is 0.176. The zero-order chi connectivity index (χ0) is 17.7. The van der Waals surface area contributed by atoms with Gasteiger partial charge in [-0.05, 0) is 43.3 Å². The summed E-state index contributed by atoms with van der Waals surface area (Å²) in [5.74, 6) is 0.750. The first-order chi connectivity index (χ1) is 11.5. The van der Waals surface area contributed by atoms with Gasteiger partial charge in [-0.1, -0.05) is 23.2 Å². The number of hydrazone groups is 1. The van der Waals surface area contributed by atoms with Crippen molar-refractivity contribution in [2.75, 3.05) is 14.2 Å². The Labute approximate surface area is 150 Å². The molecule has 0 heterocycles. The van der Waals surface area contributed by atoms with E-state index in [4.69, 9.17) is 32.7 Å². The molecule has 0 spiro atoms. The number of halogens is 2. The maximum absolute atomic E-state index is 12.2. The molecule has 2 rings (SSSR count). The Balaban J connectivity index is 2.19. The van der Waals surface area contributed by atoms with Crippen molar-refractivity contribution in [2.24, 2.45) is 5.10 Å². The van der Waals surface area contributed by atoms with Crippen molar-refractivity contribution in [3.8, 4) is 11.5 Å². The smallest absolute Gasteiger partial charge is 0.272 e. The summed E-state index contributed by atoms with van der Waals surface area (Å²) in [7, 11) is 3.12. The van der Waals surface area contributed by atoms with Crippen molar-refractivity contribution in [2.45, 2.75) is 6.92 Å². The molecule has 0 aliphatic carbocycles. The number of amides is 1. The molecule has 24 heavy (non-hydrogen) atoms. The average Bonchev–Trinajstić information content (AvgIpc) is 2.60. The van der Waals surface area contributed by atoms with Crippen molar-refractivity contribution < 1.29 is 14.3 Å². The van der Waals surface area contributed by atoms with E-state index >= 15 is 0 Å². The molecular formula is C17H16Cl2N2O3. The van der Waals surface area contributed by atoms with E-state index in [0.717, 1.165) is 5.56 Å². The standard InChI is InChI=1S/C17H16Cl2N2O3/c1-10(11-4-7-15(23-2)16(8-11)24-3)20-21-17(22)13-9-12(18)5-6-14(13)19/h4-9H,1-3H3,(H,21,22)/b20-10-. The van der Waals surface area contributed by atoms with Gasteiger partial charge in [-0.3, -0.25) is 4.79 Å². The highest BCUT2D eigenvalue weighted by Crippen LogP contribution is 2.27. The lowest BCUT2D eigenvalue weighted by atomic mass is 10.1. The molecule has 0 aliphatic rings. The molecule has 0 unspecified atom stereocenters.